The van der Waals surface area contributed by atoms with E-state index in [1.54, 1.807) is 0 Å². The lowest BCUT2D eigenvalue weighted by molar-refractivity contribution is -0.593. The lowest BCUT2D eigenvalue weighted by atomic mass is 8.96. The van der Waals surface area contributed by atoms with Crippen molar-refractivity contribution in [2.24, 2.45) is 46.8 Å². The SMILES string of the molecule is O=C(c1ccc(Cl)cc1)C12C3C4C5C3C1C5C42. The van der Waals surface area contributed by atoms with Crippen molar-refractivity contribution in [3.63, 3.8) is 0 Å². The number of ketones is 1. The van der Waals surface area contributed by atoms with Crippen molar-refractivity contribution in [1.82, 2.24) is 0 Å². The van der Waals surface area contributed by atoms with Crippen molar-refractivity contribution in [2.75, 3.05) is 0 Å². The van der Waals surface area contributed by atoms with Crippen molar-refractivity contribution in [3.8, 4) is 0 Å². The molecule has 1 aromatic carbocycles. The van der Waals surface area contributed by atoms with Gasteiger partial charge in [-0.3, -0.25) is 4.79 Å². The molecule has 0 atom stereocenters. The zero-order chi connectivity index (χ0) is 11.1. The number of hydrogen-bond acceptors (Lipinski definition) is 1. The summed E-state index contributed by atoms with van der Waals surface area (Å²) in [6.45, 7) is 0. The fourth-order valence-corrected chi connectivity index (χ4v) is 6.86. The van der Waals surface area contributed by atoms with Crippen LogP contribution in [0.1, 0.15) is 10.4 Å². The van der Waals surface area contributed by atoms with Crippen LogP contribution in [0.25, 0.3) is 0 Å². The van der Waals surface area contributed by atoms with E-state index in [9.17, 15) is 4.79 Å². The minimum atomic E-state index is 0.141. The highest BCUT2D eigenvalue weighted by molar-refractivity contribution is 6.30. The number of rotatable bonds is 2. The largest absolute Gasteiger partial charge is 0.294 e. The predicted octanol–water partition coefficient (Wildman–Crippen LogP) is 2.89. The molecule has 6 aliphatic rings. The highest BCUT2D eigenvalue weighted by Crippen LogP contribution is 3.06. The first kappa shape index (κ1) is 8.31. The molecule has 6 aliphatic carbocycles. The number of hydrogen-bond donors (Lipinski definition) is 0. The van der Waals surface area contributed by atoms with Crippen molar-refractivity contribution in [1.29, 1.82) is 0 Å². The number of carbonyl (C=O) groups is 1. The van der Waals surface area contributed by atoms with Gasteiger partial charge < -0.3 is 0 Å². The topological polar surface area (TPSA) is 17.1 Å². The minimum Gasteiger partial charge on any atom is -0.294 e. The van der Waals surface area contributed by atoms with E-state index < -0.39 is 0 Å². The molecular formula is C15H11ClO. The Labute approximate surface area is 104 Å². The molecule has 0 heterocycles. The molecule has 0 bridgehead atoms. The molecule has 6 saturated carbocycles. The lowest BCUT2D eigenvalue weighted by Crippen LogP contribution is -3.06. The van der Waals surface area contributed by atoms with Crippen molar-refractivity contribution in [3.05, 3.63) is 34.9 Å². The second-order valence-corrected chi connectivity index (χ2v) is 7.09. The van der Waals surface area contributed by atoms with Gasteiger partial charge in [0, 0.05) is 16.0 Å². The molecule has 0 aromatic heterocycles. The third-order valence-corrected chi connectivity index (χ3v) is 7.23. The van der Waals surface area contributed by atoms with Gasteiger partial charge in [0.25, 0.3) is 0 Å². The van der Waals surface area contributed by atoms with Gasteiger partial charge in [0.15, 0.2) is 5.78 Å². The normalized spacial score (nSPS) is 61.1. The van der Waals surface area contributed by atoms with E-state index in [0.29, 0.717) is 5.78 Å². The van der Waals surface area contributed by atoms with Crippen LogP contribution in [0, 0.1) is 46.8 Å². The second kappa shape index (κ2) is 1.99. The summed E-state index contributed by atoms with van der Waals surface area (Å²) >= 11 is 5.88. The van der Waals surface area contributed by atoms with Gasteiger partial charge in [-0.15, -0.1) is 0 Å². The maximum absolute atomic E-state index is 12.7. The molecule has 84 valence electrons. The molecule has 1 aromatic rings. The monoisotopic (exact) mass is 242 g/mol. The standard InChI is InChI=1S/C15H11ClO/c16-6-3-1-5(2-4-6)14(17)15-11-8-7-9(11)13(15)10(7)12(8)15/h1-4,7-13H. The summed E-state index contributed by atoms with van der Waals surface area (Å²) in [4.78, 5) is 12.7. The van der Waals surface area contributed by atoms with E-state index in [-0.39, 0.29) is 5.41 Å². The van der Waals surface area contributed by atoms with Gasteiger partial charge in [-0.2, -0.15) is 0 Å². The average Bonchev–Trinajstić information content (AvgIpc) is 2.39. The highest BCUT2D eigenvalue weighted by atomic mass is 35.5. The van der Waals surface area contributed by atoms with Gasteiger partial charge in [-0.05, 0) is 65.7 Å². The maximum Gasteiger partial charge on any atom is 0.169 e. The van der Waals surface area contributed by atoms with E-state index in [1.807, 2.05) is 24.3 Å². The second-order valence-electron chi connectivity index (χ2n) is 6.66. The first-order chi connectivity index (χ1) is 8.28. The molecule has 2 heteroatoms. The van der Waals surface area contributed by atoms with Crippen LogP contribution in [-0.2, 0) is 0 Å². The first-order valence-electron chi connectivity index (χ1n) is 6.58. The zero-order valence-electron chi connectivity index (χ0n) is 9.14. The van der Waals surface area contributed by atoms with Crippen molar-refractivity contribution < 1.29 is 4.79 Å². The van der Waals surface area contributed by atoms with Gasteiger partial charge in [0.2, 0.25) is 0 Å². The minimum absolute atomic E-state index is 0.141. The number of Topliss-reactive ketones (excluding diaryl/α,β-unsaturated/α-hetero) is 1. The Bertz CT molecular complexity index is 551. The Morgan fingerprint density at radius 3 is 2.00 bits per heavy atom. The van der Waals surface area contributed by atoms with Gasteiger partial charge >= 0.3 is 0 Å². The van der Waals surface area contributed by atoms with Gasteiger partial charge in [0.1, 0.15) is 0 Å². The molecule has 7 rings (SSSR count). The van der Waals surface area contributed by atoms with E-state index >= 15 is 0 Å². The molecule has 0 radical (unpaired) electrons. The van der Waals surface area contributed by atoms with Crippen LogP contribution in [0.2, 0.25) is 5.02 Å². The summed E-state index contributed by atoms with van der Waals surface area (Å²) in [6.07, 6.45) is 0. The summed E-state index contributed by atoms with van der Waals surface area (Å²) < 4.78 is 0. The molecule has 0 unspecified atom stereocenters. The fourth-order valence-electron chi connectivity index (χ4n) is 6.74. The first-order valence-corrected chi connectivity index (χ1v) is 6.96. The van der Waals surface area contributed by atoms with Gasteiger partial charge in [0.05, 0.1) is 0 Å². The van der Waals surface area contributed by atoms with E-state index in [2.05, 4.69) is 0 Å². The van der Waals surface area contributed by atoms with E-state index in [0.717, 1.165) is 52.0 Å². The Morgan fingerprint density at radius 2 is 1.47 bits per heavy atom. The number of halogens is 1. The van der Waals surface area contributed by atoms with Crippen LogP contribution in [0.3, 0.4) is 0 Å². The summed E-state index contributed by atoms with van der Waals surface area (Å²) in [5, 5.41) is 0.718. The van der Waals surface area contributed by atoms with Crippen LogP contribution in [0.4, 0.5) is 0 Å². The molecule has 17 heavy (non-hydrogen) atoms. The number of carbonyl (C=O) groups excluding carboxylic acids is 1. The summed E-state index contributed by atoms with van der Waals surface area (Å²) in [6, 6.07) is 7.50. The average molecular weight is 243 g/mol. The quantitative estimate of drug-likeness (QED) is 0.729. The van der Waals surface area contributed by atoms with Crippen LogP contribution < -0.4 is 0 Å². The third-order valence-electron chi connectivity index (χ3n) is 6.98. The number of benzene rings is 1. The molecule has 6 fully saturated rings. The molecule has 0 aliphatic heterocycles. The van der Waals surface area contributed by atoms with Crippen LogP contribution in [0.15, 0.2) is 24.3 Å². The summed E-state index contributed by atoms with van der Waals surface area (Å²) in [5.41, 5.74) is 1.04. The van der Waals surface area contributed by atoms with Crippen molar-refractivity contribution >= 4 is 17.4 Å². The Morgan fingerprint density at radius 1 is 0.941 bits per heavy atom. The van der Waals surface area contributed by atoms with Crippen molar-refractivity contribution in [2.45, 2.75) is 0 Å². The van der Waals surface area contributed by atoms with Crippen LogP contribution >= 0.6 is 11.6 Å². The van der Waals surface area contributed by atoms with E-state index in [4.69, 9.17) is 11.6 Å². The summed E-state index contributed by atoms with van der Waals surface area (Å²) in [7, 11) is 0. The highest BCUT2D eigenvalue weighted by Gasteiger charge is 3.05. The third kappa shape index (κ3) is 0.492. The summed E-state index contributed by atoms with van der Waals surface area (Å²) in [5.74, 6) is 6.86. The Kier molecular flexibility index (Phi) is 0.972. The smallest absolute Gasteiger partial charge is 0.169 e. The van der Waals surface area contributed by atoms with Crippen LogP contribution in [-0.4, -0.2) is 5.78 Å². The fraction of sp³-hybridized carbons (Fsp3) is 0.533. The maximum atomic E-state index is 12.7. The Balaban J connectivity index is 1.44. The molecule has 0 spiro atoms. The van der Waals surface area contributed by atoms with Gasteiger partial charge in [-0.1, -0.05) is 11.6 Å². The molecule has 0 amide bonds. The predicted molar refractivity (Wildman–Crippen MR) is 62.6 cm³/mol. The van der Waals surface area contributed by atoms with Gasteiger partial charge in [-0.25, -0.2) is 0 Å². The molecule has 1 nitrogen and oxygen atoms in total. The lowest BCUT2D eigenvalue weighted by Gasteiger charge is -3.07. The molecular weight excluding hydrogens is 232 g/mol. The molecule has 0 N–H and O–H groups in total. The molecule has 0 saturated heterocycles. The van der Waals surface area contributed by atoms with E-state index in [1.165, 1.54) is 0 Å². The Hall–Kier alpha value is -0.820. The van der Waals surface area contributed by atoms with Crippen LogP contribution in [0.5, 0.6) is 0 Å². The zero-order valence-corrected chi connectivity index (χ0v) is 9.89.